The number of carbonyl (C=O) groups is 1. The first-order chi connectivity index (χ1) is 10.8. The van der Waals surface area contributed by atoms with Gasteiger partial charge in [0.1, 0.15) is 0 Å². The van der Waals surface area contributed by atoms with Crippen molar-refractivity contribution in [3.8, 4) is 0 Å². The summed E-state index contributed by atoms with van der Waals surface area (Å²) in [4.78, 5) is 14.4. The van der Waals surface area contributed by atoms with Crippen molar-refractivity contribution in [1.82, 2.24) is 20.0 Å². The first-order valence-electron chi connectivity index (χ1n) is 8.49. The number of hydrogen-bond acceptors (Lipinski definition) is 4. The Labute approximate surface area is 138 Å². The summed E-state index contributed by atoms with van der Waals surface area (Å²) < 4.78 is 1.77. The molecule has 1 saturated heterocycles. The van der Waals surface area contributed by atoms with E-state index in [2.05, 4.69) is 22.2 Å². The van der Waals surface area contributed by atoms with Gasteiger partial charge in [-0.25, -0.2) is 0 Å². The van der Waals surface area contributed by atoms with E-state index in [0.717, 1.165) is 19.0 Å². The smallest absolute Gasteiger partial charge is 0.254 e. The molecule has 2 N–H and O–H groups in total. The van der Waals surface area contributed by atoms with Gasteiger partial charge in [0.05, 0.1) is 23.4 Å². The highest BCUT2D eigenvalue weighted by Crippen LogP contribution is 2.16. The number of rotatable bonds is 5. The number of nitrogens with one attached hydrogen (secondary N) is 1. The number of likely N-dealkylation sites (tertiary alicyclic amines) is 1. The van der Waals surface area contributed by atoms with Gasteiger partial charge in [0.2, 0.25) is 0 Å². The molecule has 2 heterocycles. The van der Waals surface area contributed by atoms with E-state index in [1.54, 1.807) is 17.1 Å². The molecule has 0 saturated carbocycles. The monoisotopic (exact) mass is 322 g/mol. The number of carbonyl (C=O) groups excluding carboxylic acids is 1. The summed E-state index contributed by atoms with van der Waals surface area (Å²) in [5.41, 5.74) is 0.377. The van der Waals surface area contributed by atoms with Gasteiger partial charge in [-0.15, -0.1) is 0 Å². The van der Waals surface area contributed by atoms with Crippen LogP contribution in [0.2, 0.25) is 0 Å². The molecule has 1 aromatic rings. The topological polar surface area (TPSA) is 70.4 Å². The van der Waals surface area contributed by atoms with Gasteiger partial charge in [0.15, 0.2) is 0 Å². The van der Waals surface area contributed by atoms with E-state index in [1.807, 2.05) is 20.8 Å². The van der Waals surface area contributed by atoms with Crippen molar-refractivity contribution in [3.05, 3.63) is 18.0 Å². The first kappa shape index (κ1) is 17.9. The van der Waals surface area contributed by atoms with E-state index in [4.69, 9.17) is 0 Å². The van der Waals surface area contributed by atoms with Crippen molar-refractivity contribution in [2.45, 2.75) is 52.2 Å². The van der Waals surface area contributed by atoms with Crippen LogP contribution in [0.5, 0.6) is 0 Å². The summed E-state index contributed by atoms with van der Waals surface area (Å²) in [6, 6.07) is 0. The zero-order valence-electron chi connectivity index (χ0n) is 14.7. The maximum absolute atomic E-state index is 12.1. The van der Waals surface area contributed by atoms with Gasteiger partial charge < -0.3 is 15.3 Å². The minimum Gasteiger partial charge on any atom is -0.390 e. The molecule has 1 atom stereocenters. The second-order valence-corrected chi connectivity index (χ2v) is 7.69. The van der Waals surface area contributed by atoms with Gasteiger partial charge in [-0.3, -0.25) is 9.48 Å². The summed E-state index contributed by atoms with van der Waals surface area (Å²) in [5, 5.41) is 17.1. The molecule has 2 rings (SSSR count). The standard InChI is InChI=1S/C17H30N4O2/c1-13-5-7-20(8-6-13)12-15(22)10-18-16(23)14-9-19-21(11-14)17(2,3)4/h9,11,13,15,22H,5-8,10,12H2,1-4H3,(H,18,23). The molecule has 0 aromatic carbocycles. The lowest BCUT2D eigenvalue weighted by atomic mass is 9.99. The second kappa shape index (κ2) is 7.45. The quantitative estimate of drug-likeness (QED) is 0.861. The Kier molecular flexibility index (Phi) is 5.81. The lowest BCUT2D eigenvalue weighted by molar-refractivity contribution is 0.0795. The molecular formula is C17H30N4O2. The highest BCUT2D eigenvalue weighted by molar-refractivity contribution is 5.93. The molecule has 130 valence electrons. The van der Waals surface area contributed by atoms with Crippen LogP contribution < -0.4 is 5.32 Å². The molecule has 1 aromatic heterocycles. The van der Waals surface area contributed by atoms with Gasteiger partial charge in [-0.2, -0.15) is 5.10 Å². The Morgan fingerprint density at radius 2 is 2.09 bits per heavy atom. The third kappa shape index (κ3) is 5.32. The molecule has 6 nitrogen and oxygen atoms in total. The molecule has 0 aliphatic carbocycles. The van der Waals surface area contributed by atoms with Crippen LogP contribution in [0.15, 0.2) is 12.4 Å². The second-order valence-electron chi connectivity index (χ2n) is 7.69. The van der Waals surface area contributed by atoms with E-state index in [-0.39, 0.29) is 18.0 Å². The third-order valence-electron chi connectivity index (χ3n) is 4.38. The molecule has 0 spiro atoms. The largest absolute Gasteiger partial charge is 0.390 e. The predicted molar refractivity (Wildman–Crippen MR) is 90.4 cm³/mol. The van der Waals surface area contributed by atoms with Gasteiger partial charge in [0, 0.05) is 19.3 Å². The van der Waals surface area contributed by atoms with Gasteiger partial charge >= 0.3 is 0 Å². The van der Waals surface area contributed by atoms with Crippen LogP contribution >= 0.6 is 0 Å². The number of piperidine rings is 1. The molecule has 23 heavy (non-hydrogen) atoms. The Bertz CT molecular complexity index is 513. The van der Waals surface area contributed by atoms with Crippen molar-refractivity contribution in [3.63, 3.8) is 0 Å². The zero-order valence-corrected chi connectivity index (χ0v) is 14.7. The summed E-state index contributed by atoms with van der Waals surface area (Å²) >= 11 is 0. The van der Waals surface area contributed by atoms with E-state index in [9.17, 15) is 9.90 Å². The lowest BCUT2D eigenvalue weighted by Crippen LogP contribution is -2.43. The summed E-state index contributed by atoms with van der Waals surface area (Å²) in [6.45, 7) is 11.3. The van der Waals surface area contributed by atoms with Crippen LogP contribution in [0, 0.1) is 5.92 Å². The number of aromatic nitrogens is 2. The van der Waals surface area contributed by atoms with Crippen LogP contribution in [0.4, 0.5) is 0 Å². The van der Waals surface area contributed by atoms with Crippen molar-refractivity contribution < 1.29 is 9.90 Å². The van der Waals surface area contributed by atoms with E-state index in [0.29, 0.717) is 12.1 Å². The Morgan fingerprint density at radius 3 is 2.65 bits per heavy atom. The van der Waals surface area contributed by atoms with Crippen molar-refractivity contribution in [2.75, 3.05) is 26.2 Å². The number of aliphatic hydroxyl groups excluding tert-OH is 1. The van der Waals surface area contributed by atoms with E-state index >= 15 is 0 Å². The highest BCUT2D eigenvalue weighted by Gasteiger charge is 2.20. The van der Waals surface area contributed by atoms with Crippen molar-refractivity contribution in [2.24, 2.45) is 5.92 Å². The van der Waals surface area contributed by atoms with Crippen LogP contribution in [-0.4, -0.2) is 58.0 Å². The first-order valence-corrected chi connectivity index (χ1v) is 8.49. The zero-order chi connectivity index (χ0) is 17.0. The Hall–Kier alpha value is -1.40. The van der Waals surface area contributed by atoms with Crippen LogP contribution in [0.3, 0.4) is 0 Å². The summed E-state index contributed by atoms with van der Waals surface area (Å²) in [6.07, 6.45) is 5.15. The lowest BCUT2D eigenvalue weighted by Gasteiger charge is -2.31. The molecule has 6 heteroatoms. The molecule has 1 aliphatic rings. The highest BCUT2D eigenvalue weighted by atomic mass is 16.3. The molecule has 0 radical (unpaired) electrons. The molecule has 1 amide bonds. The minimum atomic E-state index is -0.537. The maximum Gasteiger partial charge on any atom is 0.254 e. The fourth-order valence-corrected chi connectivity index (χ4v) is 2.73. The molecule has 1 fully saturated rings. The Balaban J connectivity index is 1.76. The fourth-order valence-electron chi connectivity index (χ4n) is 2.73. The summed E-state index contributed by atoms with van der Waals surface area (Å²) in [7, 11) is 0. The average Bonchev–Trinajstić information content (AvgIpc) is 2.97. The van der Waals surface area contributed by atoms with Crippen LogP contribution in [0.25, 0.3) is 0 Å². The normalized spacial score (nSPS) is 18.8. The third-order valence-corrected chi connectivity index (χ3v) is 4.38. The van der Waals surface area contributed by atoms with Gasteiger partial charge in [-0.05, 0) is 52.6 Å². The number of aliphatic hydroxyl groups is 1. The van der Waals surface area contributed by atoms with Gasteiger partial charge in [-0.1, -0.05) is 6.92 Å². The molecular weight excluding hydrogens is 292 g/mol. The fraction of sp³-hybridized carbons (Fsp3) is 0.765. The molecule has 0 bridgehead atoms. The molecule has 1 aliphatic heterocycles. The Morgan fingerprint density at radius 1 is 1.43 bits per heavy atom. The van der Waals surface area contributed by atoms with Crippen molar-refractivity contribution >= 4 is 5.91 Å². The number of nitrogens with zero attached hydrogens (tertiary/aromatic N) is 3. The average molecular weight is 322 g/mol. The van der Waals surface area contributed by atoms with Crippen LogP contribution in [0.1, 0.15) is 50.9 Å². The number of amides is 1. The van der Waals surface area contributed by atoms with Crippen molar-refractivity contribution in [1.29, 1.82) is 0 Å². The van der Waals surface area contributed by atoms with E-state index < -0.39 is 6.10 Å². The predicted octanol–water partition coefficient (Wildman–Crippen LogP) is 1.46. The maximum atomic E-state index is 12.1. The summed E-state index contributed by atoms with van der Waals surface area (Å²) in [5.74, 6) is 0.592. The minimum absolute atomic E-state index is 0.149. The number of β-amino-alcohol motifs (C(OH)–C–C–N with tert-alkyl or cyclic N) is 1. The van der Waals surface area contributed by atoms with Gasteiger partial charge in [0.25, 0.3) is 5.91 Å². The van der Waals surface area contributed by atoms with Crippen LogP contribution in [-0.2, 0) is 5.54 Å². The molecule has 1 unspecified atom stereocenters. The van der Waals surface area contributed by atoms with E-state index in [1.165, 1.54) is 12.8 Å². The SMILES string of the molecule is CC1CCN(CC(O)CNC(=O)c2cnn(C(C)(C)C)c2)CC1. The number of hydrogen-bond donors (Lipinski definition) is 2.